The quantitative estimate of drug-likeness (QED) is 0.749. The van der Waals surface area contributed by atoms with Crippen molar-refractivity contribution in [3.05, 3.63) is 35.6 Å². The van der Waals surface area contributed by atoms with Crippen LogP contribution in [0.1, 0.15) is 45.6 Å². The van der Waals surface area contributed by atoms with Crippen LogP contribution in [0.5, 0.6) is 11.5 Å². The van der Waals surface area contributed by atoms with E-state index in [1.165, 1.54) is 5.56 Å². The van der Waals surface area contributed by atoms with Crippen LogP contribution in [0.15, 0.2) is 30.0 Å². The number of rotatable bonds is 4. The summed E-state index contributed by atoms with van der Waals surface area (Å²) in [4.78, 5) is 14.7. The number of hydrogen-bond donors (Lipinski definition) is 0. The Morgan fingerprint density at radius 3 is 2.48 bits per heavy atom. The Morgan fingerprint density at radius 2 is 1.85 bits per heavy atom. The van der Waals surface area contributed by atoms with Crippen molar-refractivity contribution in [2.24, 2.45) is 5.41 Å². The van der Waals surface area contributed by atoms with Crippen molar-refractivity contribution in [1.29, 1.82) is 0 Å². The van der Waals surface area contributed by atoms with E-state index in [4.69, 9.17) is 14.2 Å². The van der Waals surface area contributed by atoms with E-state index in [0.717, 1.165) is 43.1 Å². The molecule has 27 heavy (non-hydrogen) atoms. The first-order valence-corrected chi connectivity index (χ1v) is 9.57. The van der Waals surface area contributed by atoms with Gasteiger partial charge in [-0.3, -0.25) is 9.69 Å². The summed E-state index contributed by atoms with van der Waals surface area (Å²) >= 11 is 0. The molecule has 0 radical (unpaired) electrons. The maximum Gasteiger partial charge on any atom is 0.316 e. The van der Waals surface area contributed by atoms with Crippen LogP contribution >= 0.6 is 0 Å². The molecule has 2 atom stereocenters. The average molecular weight is 373 g/mol. The predicted molar refractivity (Wildman–Crippen MR) is 105 cm³/mol. The summed E-state index contributed by atoms with van der Waals surface area (Å²) in [6, 6.07) is 6.43. The number of nitrogens with zero attached hydrogens (tertiary/aromatic N) is 1. The Bertz CT molecular complexity index is 749. The molecule has 5 heteroatoms. The molecule has 2 aliphatic rings. The largest absolute Gasteiger partial charge is 0.493 e. The number of likely N-dealkylation sites (tertiary alicyclic amines) is 1. The molecule has 1 saturated heterocycles. The van der Waals surface area contributed by atoms with Crippen LogP contribution in [0.3, 0.4) is 0 Å². The van der Waals surface area contributed by atoms with Gasteiger partial charge in [-0.25, -0.2) is 0 Å². The Kier molecular flexibility index (Phi) is 5.26. The highest BCUT2D eigenvalue weighted by atomic mass is 16.5. The number of carbonyl (C=O) groups is 1. The van der Waals surface area contributed by atoms with Crippen LogP contribution in [-0.4, -0.2) is 44.7 Å². The first-order chi connectivity index (χ1) is 12.7. The van der Waals surface area contributed by atoms with Gasteiger partial charge in [-0.2, -0.15) is 0 Å². The first kappa shape index (κ1) is 19.7. The van der Waals surface area contributed by atoms with E-state index < -0.39 is 5.41 Å². The van der Waals surface area contributed by atoms with E-state index in [0.29, 0.717) is 0 Å². The lowest BCUT2D eigenvalue weighted by Crippen LogP contribution is -2.42. The van der Waals surface area contributed by atoms with Gasteiger partial charge in [-0.05, 0) is 71.0 Å². The summed E-state index contributed by atoms with van der Waals surface area (Å²) in [7, 11) is 5.46. The van der Waals surface area contributed by atoms with E-state index in [-0.39, 0.29) is 17.4 Å². The molecular weight excluding hydrogens is 342 g/mol. The smallest absolute Gasteiger partial charge is 0.316 e. The van der Waals surface area contributed by atoms with Crippen molar-refractivity contribution >= 4 is 5.97 Å². The van der Waals surface area contributed by atoms with Gasteiger partial charge in [0.15, 0.2) is 11.5 Å². The minimum atomic E-state index is -0.500. The highest BCUT2D eigenvalue weighted by Crippen LogP contribution is 2.49. The normalized spacial score (nSPS) is 25.6. The molecule has 1 fully saturated rings. The summed E-state index contributed by atoms with van der Waals surface area (Å²) in [6.45, 7) is 6.66. The number of allylic oxidation sites excluding steroid dienone is 1. The molecule has 0 N–H and O–H groups in total. The van der Waals surface area contributed by atoms with Crippen molar-refractivity contribution in [2.75, 3.05) is 27.8 Å². The van der Waals surface area contributed by atoms with E-state index in [9.17, 15) is 4.79 Å². The number of benzene rings is 1. The molecular formula is C22H31NO4. The number of hydrogen-bond acceptors (Lipinski definition) is 5. The molecule has 1 aromatic rings. The Morgan fingerprint density at radius 1 is 1.15 bits per heavy atom. The molecule has 0 spiro atoms. The zero-order valence-corrected chi connectivity index (χ0v) is 17.3. The fraction of sp³-hybridized carbons (Fsp3) is 0.591. The monoisotopic (exact) mass is 373 g/mol. The van der Waals surface area contributed by atoms with Crippen molar-refractivity contribution < 1.29 is 19.0 Å². The number of ether oxygens (including phenoxy) is 3. The van der Waals surface area contributed by atoms with Crippen LogP contribution in [0, 0.1) is 5.41 Å². The summed E-state index contributed by atoms with van der Waals surface area (Å²) in [6.07, 6.45) is 4.93. The van der Waals surface area contributed by atoms with Crippen LogP contribution in [0.4, 0.5) is 0 Å². The lowest BCUT2D eigenvalue weighted by atomic mass is 9.68. The van der Waals surface area contributed by atoms with Gasteiger partial charge in [0.25, 0.3) is 0 Å². The fourth-order valence-electron chi connectivity index (χ4n) is 4.21. The number of fused-ring (bicyclic) bond motifs is 1. The first-order valence-electron chi connectivity index (χ1n) is 9.57. The van der Waals surface area contributed by atoms with Gasteiger partial charge >= 0.3 is 5.97 Å². The number of esters is 1. The summed E-state index contributed by atoms with van der Waals surface area (Å²) in [5.74, 6) is 2.12. The Balaban J connectivity index is 1.93. The van der Waals surface area contributed by atoms with Crippen LogP contribution in [0.25, 0.3) is 0 Å². The maximum atomic E-state index is 12.3. The number of carbonyl (C=O) groups excluding carboxylic acids is 1. The van der Waals surface area contributed by atoms with Crippen molar-refractivity contribution in [3.63, 3.8) is 0 Å². The van der Waals surface area contributed by atoms with Gasteiger partial charge in [0, 0.05) is 17.9 Å². The van der Waals surface area contributed by atoms with Crippen molar-refractivity contribution in [1.82, 2.24) is 4.90 Å². The van der Waals surface area contributed by atoms with E-state index in [1.54, 1.807) is 14.2 Å². The predicted octanol–water partition coefficient (Wildman–Crippen LogP) is 3.91. The van der Waals surface area contributed by atoms with E-state index >= 15 is 0 Å². The number of likely N-dealkylation sites (N-methyl/N-ethyl adjacent to an activating group) is 1. The average Bonchev–Trinajstić information content (AvgIpc) is 2.98. The Hall–Kier alpha value is -2.01. The highest BCUT2D eigenvalue weighted by Gasteiger charge is 2.48. The maximum absolute atomic E-state index is 12.3. The van der Waals surface area contributed by atoms with Gasteiger partial charge in [-0.1, -0.05) is 6.07 Å². The van der Waals surface area contributed by atoms with E-state index in [1.807, 2.05) is 26.8 Å². The van der Waals surface area contributed by atoms with Crippen molar-refractivity contribution in [2.45, 2.75) is 51.5 Å². The second kappa shape index (κ2) is 7.19. The molecule has 1 aromatic carbocycles. The Labute approximate surface area is 162 Å². The number of methoxy groups -OCH3 is 2. The highest BCUT2D eigenvalue weighted by molar-refractivity contribution is 5.76. The summed E-state index contributed by atoms with van der Waals surface area (Å²) < 4.78 is 16.6. The van der Waals surface area contributed by atoms with Gasteiger partial charge < -0.3 is 14.2 Å². The van der Waals surface area contributed by atoms with Gasteiger partial charge in [0.05, 0.1) is 19.6 Å². The van der Waals surface area contributed by atoms with E-state index in [2.05, 4.69) is 30.2 Å². The molecule has 0 amide bonds. The second-order valence-corrected chi connectivity index (χ2v) is 8.67. The van der Waals surface area contributed by atoms with Gasteiger partial charge in [0.2, 0.25) is 0 Å². The fourth-order valence-corrected chi connectivity index (χ4v) is 4.21. The van der Waals surface area contributed by atoms with Crippen LogP contribution in [0.2, 0.25) is 0 Å². The summed E-state index contributed by atoms with van der Waals surface area (Å²) in [5, 5.41) is 0. The molecule has 0 aromatic heterocycles. The molecule has 5 nitrogen and oxygen atoms in total. The molecule has 3 rings (SSSR count). The minimum absolute atomic E-state index is 0.00589. The zero-order valence-electron chi connectivity index (χ0n) is 17.3. The minimum Gasteiger partial charge on any atom is -0.493 e. The molecule has 1 heterocycles. The standard InChI is InChI=1S/C22H31NO4/c1-21(2,3)20(24)27-16-9-10-22(11-12-23(4)19(22)14-16)15-7-8-17(25-5)18(13-15)26-6/h7-8,13-14,19H,9-12H2,1-6H3. The molecule has 1 aliphatic heterocycles. The third-order valence-corrected chi connectivity index (χ3v) is 5.91. The molecule has 1 aliphatic carbocycles. The molecule has 0 saturated carbocycles. The molecule has 2 unspecified atom stereocenters. The van der Waals surface area contributed by atoms with Crippen LogP contribution < -0.4 is 9.47 Å². The lowest BCUT2D eigenvalue weighted by Gasteiger charge is -2.40. The lowest BCUT2D eigenvalue weighted by molar-refractivity contribution is -0.149. The molecule has 0 bridgehead atoms. The SMILES string of the molecule is COc1ccc(C23CCC(OC(=O)C(C)(C)C)=CC2N(C)CC3)cc1OC. The van der Waals surface area contributed by atoms with Crippen LogP contribution in [-0.2, 0) is 14.9 Å². The second-order valence-electron chi connectivity index (χ2n) is 8.67. The summed E-state index contributed by atoms with van der Waals surface area (Å²) in [5.41, 5.74) is 0.763. The van der Waals surface area contributed by atoms with Gasteiger partial charge in [0.1, 0.15) is 5.76 Å². The topological polar surface area (TPSA) is 48.0 Å². The third kappa shape index (κ3) is 3.57. The van der Waals surface area contributed by atoms with Crippen molar-refractivity contribution in [3.8, 4) is 11.5 Å². The third-order valence-electron chi connectivity index (χ3n) is 5.91. The van der Waals surface area contributed by atoms with Gasteiger partial charge in [-0.15, -0.1) is 0 Å². The zero-order chi connectivity index (χ0) is 19.8. The molecule has 148 valence electrons.